The van der Waals surface area contributed by atoms with Gasteiger partial charge in [0.15, 0.2) is 5.58 Å². The van der Waals surface area contributed by atoms with Gasteiger partial charge in [-0.25, -0.2) is 9.97 Å². The molecule has 0 aliphatic carbocycles. The summed E-state index contributed by atoms with van der Waals surface area (Å²) < 4.78 is 5.46. The normalized spacial score (nSPS) is 14.2. The van der Waals surface area contributed by atoms with E-state index in [1.54, 1.807) is 0 Å². The highest BCUT2D eigenvalue weighted by molar-refractivity contribution is 5.87. The molecule has 0 spiro atoms. The summed E-state index contributed by atoms with van der Waals surface area (Å²) in [5, 5.41) is 5.10. The van der Waals surface area contributed by atoms with Crippen molar-refractivity contribution in [2.75, 3.05) is 31.1 Å². The van der Waals surface area contributed by atoms with E-state index in [0.29, 0.717) is 18.8 Å². The molecule has 0 saturated carbocycles. The summed E-state index contributed by atoms with van der Waals surface area (Å²) in [4.78, 5) is 26.4. The molecule has 168 valence electrons. The Hall–Kier alpha value is -3.74. The molecule has 1 saturated heterocycles. The van der Waals surface area contributed by atoms with E-state index in [-0.39, 0.29) is 12.3 Å². The quantitative estimate of drug-likeness (QED) is 0.475. The Bertz CT molecular complexity index is 1310. The molecular weight excluding hydrogens is 414 g/mol. The standard InChI is InChI=1S/C26H27N5O2/c1-17-13-21-23(29-33-24(21)14-18(17)2)16-26(32)31-11-9-30(10-12-31)25-15-22(27-19(3)28-25)20-7-5-4-6-8-20/h4-8,13-15H,9-12,16H2,1-3H3. The number of hydrogen-bond acceptors (Lipinski definition) is 6. The fourth-order valence-corrected chi connectivity index (χ4v) is 4.28. The van der Waals surface area contributed by atoms with Crippen molar-refractivity contribution in [3.05, 3.63) is 71.2 Å². The molecule has 1 fully saturated rings. The molecule has 7 heteroatoms. The monoisotopic (exact) mass is 441 g/mol. The van der Waals surface area contributed by atoms with Gasteiger partial charge in [0.25, 0.3) is 0 Å². The second-order valence-electron chi connectivity index (χ2n) is 8.63. The van der Waals surface area contributed by atoms with Gasteiger partial charge < -0.3 is 14.3 Å². The number of fused-ring (bicyclic) bond motifs is 1. The molecule has 5 rings (SSSR count). The number of anilines is 1. The summed E-state index contributed by atoms with van der Waals surface area (Å²) in [6.07, 6.45) is 0.250. The van der Waals surface area contributed by atoms with Gasteiger partial charge in [0.2, 0.25) is 5.91 Å². The number of hydrogen-bond donors (Lipinski definition) is 0. The Morgan fingerprint density at radius 3 is 2.42 bits per heavy atom. The van der Waals surface area contributed by atoms with Crippen LogP contribution in [0.4, 0.5) is 5.82 Å². The van der Waals surface area contributed by atoms with Gasteiger partial charge in [-0.3, -0.25) is 4.79 Å². The van der Waals surface area contributed by atoms with Gasteiger partial charge in [-0.2, -0.15) is 0 Å². The smallest absolute Gasteiger partial charge is 0.228 e. The van der Waals surface area contributed by atoms with Crippen LogP contribution in [0.2, 0.25) is 0 Å². The van der Waals surface area contributed by atoms with Crippen molar-refractivity contribution in [3.8, 4) is 11.3 Å². The molecule has 1 amide bonds. The lowest BCUT2D eigenvalue weighted by molar-refractivity contribution is -0.130. The zero-order chi connectivity index (χ0) is 22.9. The summed E-state index contributed by atoms with van der Waals surface area (Å²) in [6.45, 7) is 8.78. The number of benzene rings is 2. The SMILES string of the molecule is Cc1nc(-c2ccccc2)cc(N2CCN(C(=O)Cc3noc4cc(C)c(C)cc34)CC2)n1. The molecular formula is C26H27N5O2. The second kappa shape index (κ2) is 8.65. The van der Waals surface area contributed by atoms with Gasteiger partial charge in [-0.1, -0.05) is 35.5 Å². The van der Waals surface area contributed by atoms with Crippen LogP contribution in [0.5, 0.6) is 0 Å². The van der Waals surface area contributed by atoms with Crippen LogP contribution >= 0.6 is 0 Å². The lowest BCUT2D eigenvalue weighted by atomic mass is 10.1. The van der Waals surface area contributed by atoms with Crippen molar-refractivity contribution >= 4 is 22.7 Å². The fourth-order valence-electron chi connectivity index (χ4n) is 4.28. The second-order valence-corrected chi connectivity index (χ2v) is 8.63. The highest BCUT2D eigenvalue weighted by atomic mass is 16.5. The minimum atomic E-state index is 0.0759. The predicted molar refractivity (Wildman–Crippen MR) is 128 cm³/mol. The number of carbonyl (C=O) groups is 1. The van der Waals surface area contributed by atoms with Crippen LogP contribution in [0.1, 0.15) is 22.6 Å². The number of rotatable bonds is 4. The summed E-state index contributed by atoms with van der Waals surface area (Å²) in [5.74, 6) is 1.72. The first-order chi connectivity index (χ1) is 16.0. The molecule has 7 nitrogen and oxygen atoms in total. The van der Waals surface area contributed by atoms with Crippen LogP contribution in [-0.2, 0) is 11.2 Å². The Kier molecular flexibility index (Phi) is 5.54. The highest BCUT2D eigenvalue weighted by Gasteiger charge is 2.24. The Morgan fingerprint density at radius 2 is 1.67 bits per heavy atom. The lowest BCUT2D eigenvalue weighted by Gasteiger charge is -2.35. The average Bonchev–Trinajstić information content (AvgIpc) is 3.20. The number of aromatic nitrogens is 3. The predicted octanol–water partition coefficient (Wildman–Crippen LogP) is 4.10. The minimum Gasteiger partial charge on any atom is -0.356 e. The maximum absolute atomic E-state index is 13.0. The van der Waals surface area contributed by atoms with Crippen LogP contribution < -0.4 is 4.90 Å². The van der Waals surface area contributed by atoms with Crippen molar-refractivity contribution in [3.63, 3.8) is 0 Å². The topological polar surface area (TPSA) is 75.4 Å². The third kappa shape index (κ3) is 4.31. The van der Waals surface area contributed by atoms with E-state index in [2.05, 4.69) is 45.1 Å². The number of nitrogens with zero attached hydrogens (tertiary/aromatic N) is 5. The van der Waals surface area contributed by atoms with Crippen LogP contribution in [0.3, 0.4) is 0 Å². The average molecular weight is 442 g/mol. The first-order valence-electron chi connectivity index (χ1n) is 11.3. The third-order valence-electron chi connectivity index (χ3n) is 6.33. The van der Waals surface area contributed by atoms with E-state index in [4.69, 9.17) is 4.52 Å². The molecule has 0 bridgehead atoms. The van der Waals surface area contributed by atoms with E-state index >= 15 is 0 Å². The molecule has 0 N–H and O–H groups in total. The van der Waals surface area contributed by atoms with Gasteiger partial charge in [0.1, 0.15) is 17.3 Å². The molecule has 1 aliphatic heterocycles. The molecule has 0 radical (unpaired) electrons. The van der Waals surface area contributed by atoms with E-state index in [0.717, 1.165) is 52.5 Å². The van der Waals surface area contributed by atoms with Gasteiger partial charge in [0.05, 0.1) is 12.1 Å². The molecule has 33 heavy (non-hydrogen) atoms. The Labute approximate surface area is 193 Å². The van der Waals surface area contributed by atoms with Crippen LogP contribution in [0, 0.1) is 20.8 Å². The van der Waals surface area contributed by atoms with Gasteiger partial charge in [-0.05, 0) is 44.0 Å². The van der Waals surface area contributed by atoms with Crippen molar-refractivity contribution in [1.29, 1.82) is 0 Å². The van der Waals surface area contributed by atoms with E-state index in [1.165, 1.54) is 5.56 Å². The molecule has 2 aromatic heterocycles. The van der Waals surface area contributed by atoms with E-state index in [1.807, 2.05) is 49.1 Å². The number of amides is 1. The van der Waals surface area contributed by atoms with Crippen LogP contribution in [0.15, 0.2) is 53.1 Å². The van der Waals surface area contributed by atoms with Crippen molar-refractivity contribution in [1.82, 2.24) is 20.0 Å². The summed E-state index contributed by atoms with van der Waals surface area (Å²) in [5.41, 5.74) is 5.76. The zero-order valence-electron chi connectivity index (χ0n) is 19.2. The first-order valence-corrected chi connectivity index (χ1v) is 11.3. The van der Waals surface area contributed by atoms with Gasteiger partial charge in [-0.15, -0.1) is 0 Å². The number of carbonyl (C=O) groups excluding carboxylic acids is 1. The maximum Gasteiger partial charge on any atom is 0.228 e. The van der Waals surface area contributed by atoms with Gasteiger partial charge in [0, 0.05) is 43.2 Å². The van der Waals surface area contributed by atoms with Crippen LogP contribution in [0.25, 0.3) is 22.2 Å². The molecule has 0 unspecified atom stereocenters. The molecule has 3 heterocycles. The van der Waals surface area contributed by atoms with Gasteiger partial charge >= 0.3 is 0 Å². The summed E-state index contributed by atoms with van der Waals surface area (Å²) in [7, 11) is 0. The maximum atomic E-state index is 13.0. The van der Waals surface area contributed by atoms with Crippen LogP contribution in [-0.4, -0.2) is 52.1 Å². The third-order valence-corrected chi connectivity index (χ3v) is 6.33. The largest absolute Gasteiger partial charge is 0.356 e. The van der Waals surface area contributed by atoms with E-state index < -0.39 is 0 Å². The fraction of sp³-hybridized carbons (Fsp3) is 0.308. The Balaban J connectivity index is 1.26. The molecule has 4 aromatic rings. The summed E-state index contributed by atoms with van der Waals surface area (Å²) >= 11 is 0. The summed E-state index contributed by atoms with van der Waals surface area (Å²) in [6, 6.07) is 16.2. The van der Waals surface area contributed by atoms with Crippen molar-refractivity contribution < 1.29 is 9.32 Å². The minimum absolute atomic E-state index is 0.0759. The van der Waals surface area contributed by atoms with Crippen molar-refractivity contribution in [2.24, 2.45) is 0 Å². The Morgan fingerprint density at radius 1 is 0.939 bits per heavy atom. The highest BCUT2D eigenvalue weighted by Crippen LogP contribution is 2.25. The number of piperazine rings is 1. The molecule has 1 aliphatic rings. The molecule has 2 aromatic carbocycles. The zero-order valence-corrected chi connectivity index (χ0v) is 19.2. The first kappa shape index (κ1) is 21.1. The van der Waals surface area contributed by atoms with Crippen molar-refractivity contribution in [2.45, 2.75) is 27.2 Å². The molecule has 0 atom stereocenters. The number of aryl methyl sites for hydroxylation is 3. The lowest BCUT2D eigenvalue weighted by Crippen LogP contribution is -2.49. The van der Waals surface area contributed by atoms with E-state index in [9.17, 15) is 4.79 Å².